The quantitative estimate of drug-likeness (QED) is 0.279. The third-order valence-electron chi connectivity index (χ3n) is 3.57. The number of thioether (sulfide) groups is 1. The van der Waals surface area contributed by atoms with Crippen molar-refractivity contribution < 1.29 is 13.5 Å². The number of aryl methyl sites for hydroxylation is 1. The van der Waals surface area contributed by atoms with Crippen LogP contribution < -0.4 is 4.74 Å². The van der Waals surface area contributed by atoms with Crippen LogP contribution in [-0.2, 0) is 12.4 Å². The normalized spacial score (nSPS) is 10.9. The van der Waals surface area contributed by atoms with Gasteiger partial charge in [0.05, 0.1) is 0 Å². The van der Waals surface area contributed by atoms with Crippen molar-refractivity contribution in [3.05, 3.63) is 79.9 Å². The fourth-order valence-electron chi connectivity index (χ4n) is 2.22. The van der Waals surface area contributed by atoms with Crippen LogP contribution in [0.1, 0.15) is 16.8 Å². The monoisotopic (exact) mass is 514 g/mol. The molecule has 0 bridgehead atoms. The van der Waals surface area contributed by atoms with Gasteiger partial charge in [-0.05, 0) is 36.8 Å². The molecule has 1 heterocycles. The Kier molecular flexibility index (Phi) is 6.83. The molecule has 0 fully saturated rings. The number of rotatable bonds is 6. The van der Waals surface area contributed by atoms with E-state index in [0.29, 0.717) is 25.7 Å². The van der Waals surface area contributed by atoms with E-state index in [0.717, 1.165) is 16.8 Å². The number of halogens is 4. The molecular weight excluding hydrogens is 502 g/mol. The van der Waals surface area contributed by atoms with Crippen molar-refractivity contribution in [2.45, 2.75) is 24.4 Å². The topological polar surface area (TPSA) is 35.0 Å². The van der Waals surface area contributed by atoms with Crippen LogP contribution in [-0.4, -0.2) is 9.97 Å². The molecule has 2 aromatic carbocycles. The van der Waals surface area contributed by atoms with E-state index in [2.05, 4.69) is 41.8 Å². The first-order valence-corrected chi connectivity index (χ1v) is 10.5. The maximum atomic E-state index is 13.2. The van der Waals surface area contributed by atoms with Gasteiger partial charge in [-0.15, -0.1) is 0 Å². The summed E-state index contributed by atoms with van der Waals surface area (Å²) in [6.07, 6.45) is 0. The summed E-state index contributed by atoms with van der Waals surface area (Å²) in [6, 6.07) is 10.8. The van der Waals surface area contributed by atoms with Gasteiger partial charge in [0.25, 0.3) is 0 Å². The summed E-state index contributed by atoms with van der Waals surface area (Å²) in [5.74, 6) is 0.436. The molecule has 1 aromatic heterocycles. The summed E-state index contributed by atoms with van der Waals surface area (Å²) >= 11 is 8.12. The molecule has 140 valence electrons. The zero-order chi connectivity index (χ0) is 19.4. The number of ether oxygens (including phenoxy) is 1. The van der Waals surface area contributed by atoms with Crippen molar-refractivity contribution in [3.63, 3.8) is 0 Å². The van der Waals surface area contributed by atoms with E-state index in [1.54, 1.807) is 18.2 Å². The Morgan fingerprint density at radius 2 is 1.56 bits per heavy atom. The van der Waals surface area contributed by atoms with E-state index in [-0.39, 0.29) is 18.2 Å². The molecule has 0 radical (unpaired) electrons. The molecule has 0 saturated carbocycles. The first-order valence-electron chi connectivity index (χ1n) is 7.90. The number of hydrogen-bond acceptors (Lipinski definition) is 4. The van der Waals surface area contributed by atoms with Crippen molar-refractivity contribution in [1.29, 1.82) is 0 Å². The average molecular weight is 516 g/mol. The van der Waals surface area contributed by atoms with Gasteiger partial charge >= 0.3 is 0 Å². The second-order valence-corrected chi connectivity index (χ2v) is 8.33. The van der Waals surface area contributed by atoms with E-state index < -0.39 is 0 Å². The lowest BCUT2D eigenvalue weighted by atomic mass is 10.2. The lowest BCUT2D eigenvalue weighted by Crippen LogP contribution is -2.01. The molecule has 0 amide bonds. The molecular formula is C19H14Br2F2N2OS. The van der Waals surface area contributed by atoms with Crippen molar-refractivity contribution in [2.24, 2.45) is 0 Å². The Balaban J connectivity index is 1.68. The molecule has 0 N–H and O–H groups in total. The summed E-state index contributed by atoms with van der Waals surface area (Å²) in [5, 5.41) is 0.569. The summed E-state index contributed by atoms with van der Waals surface area (Å²) in [4.78, 5) is 8.81. The highest BCUT2D eigenvalue weighted by Gasteiger charge is 2.09. The van der Waals surface area contributed by atoms with Crippen molar-refractivity contribution in [3.8, 4) is 5.88 Å². The van der Waals surface area contributed by atoms with E-state index in [9.17, 15) is 8.78 Å². The summed E-state index contributed by atoms with van der Waals surface area (Å²) in [7, 11) is 0. The minimum absolute atomic E-state index is 0.255. The molecule has 0 aliphatic heterocycles. The minimum atomic E-state index is -0.311. The van der Waals surface area contributed by atoms with E-state index in [4.69, 9.17) is 4.74 Å². The highest BCUT2D eigenvalue weighted by molar-refractivity contribution is 9.10. The van der Waals surface area contributed by atoms with Crippen LogP contribution in [0.15, 0.2) is 56.6 Å². The van der Waals surface area contributed by atoms with Gasteiger partial charge in [-0.1, -0.05) is 55.8 Å². The molecule has 3 nitrogen and oxygen atoms in total. The maximum absolute atomic E-state index is 13.2. The van der Waals surface area contributed by atoms with Crippen LogP contribution >= 0.6 is 43.6 Å². The van der Waals surface area contributed by atoms with Gasteiger partial charge in [-0.25, -0.2) is 13.8 Å². The Morgan fingerprint density at radius 3 is 2.19 bits per heavy atom. The molecule has 0 atom stereocenters. The first-order chi connectivity index (χ1) is 12.9. The summed E-state index contributed by atoms with van der Waals surface area (Å²) in [6.45, 7) is 2.12. The third-order valence-corrected chi connectivity index (χ3v) is 5.95. The van der Waals surface area contributed by atoms with Crippen molar-refractivity contribution in [2.75, 3.05) is 0 Å². The molecule has 0 saturated heterocycles. The molecule has 3 rings (SSSR count). The Morgan fingerprint density at radius 1 is 0.926 bits per heavy atom. The fourth-order valence-corrected chi connectivity index (χ4v) is 4.26. The smallest absolute Gasteiger partial charge is 0.217 e. The van der Waals surface area contributed by atoms with Gasteiger partial charge in [0.2, 0.25) is 5.88 Å². The standard InChI is InChI=1S/C19H14Br2F2N2OS/c1-11-6-18(26-9-12-2-4-14(22)7-16(12)20)25-19(24-11)27-10-13-3-5-15(23)8-17(13)21/h2-8H,9-10H2,1H3. The van der Waals surface area contributed by atoms with Gasteiger partial charge in [-0.2, -0.15) is 4.98 Å². The lowest BCUT2D eigenvalue weighted by Gasteiger charge is -2.10. The zero-order valence-electron chi connectivity index (χ0n) is 14.2. The van der Waals surface area contributed by atoms with Crippen molar-refractivity contribution >= 4 is 43.6 Å². The van der Waals surface area contributed by atoms with Crippen molar-refractivity contribution in [1.82, 2.24) is 9.97 Å². The van der Waals surface area contributed by atoms with E-state index >= 15 is 0 Å². The Hall–Kier alpha value is -1.51. The van der Waals surface area contributed by atoms with Gasteiger partial charge in [-0.3, -0.25) is 0 Å². The van der Waals surface area contributed by atoms with Gasteiger partial charge < -0.3 is 4.74 Å². The average Bonchev–Trinajstić information content (AvgIpc) is 2.60. The second-order valence-electron chi connectivity index (χ2n) is 5.68. The number of nitrogens with zero attached hydrogens (tertiary/aromatic N) is 2. The zero-order valence-corrected chi connectivity index (χ0v) is 18.2. The first kappa shape index (κ1) is 20.2. The number of aromatic nitrogens is 2. The third kappa shape index (κ3) is 5.73. The molecule has 27 heavy (non-hydrogen) atoms. The molecule has 0 aliphatic rings. The molecule has 0 aliphatic carbocycles. The minimum Gasteiger partial charge on any atom is -0.473 e. The highest BCUT2D eigenvalue weighted by atomic mass is 79.9. The van der Waals surface area contributed by atoms with Crippen LogP contribution in [0.4, 0.5) is 8.78 Å². The van der Waals surface area contributed by atoms with Crippen LogP contribution in [0, 0.1) is 18.6 Å². The molecule has 3 aromatic rings. The summed E-state index contributed by atoms with van der Waals surface area (Å²) in [5.41, 5.74) is 2.54. The largest absolute Gasteiger partial charge is 0.473 e. The highest BCUT2D eigenvalue weighted by Crippen LogP contribution is 2.27. The maximum Gasteiger partial charge on any atom is 0.217 e. The SMILES string of the molecule is Cc1cc(OCc2ccc(F)cc2Br)nc(SCc2ccc(F)cc2Br)n1. The van der Waals surface area contributed by atoms with Crippen LogP contribution in [0.3, 0.4) is 0 Å². The van der Waals surface area contributed by atoms with Gasteiger partial charge in [0.1, 0.15) is 18.2 Å². The predicted octanol–water partition coefficient (Wildman–Crippen LogP) is 6.46. The Labute approximate surface area is 176 Å². The van der Waals surface area contributed by atoms with Crippen LogP contribution in [0.5, 0.6) is 5.88 Å². The predicted molar refractivity (Wildman–Crippen MR) is 109 cm³/mol. The van der Waals surface area contributed by atoms with Gasteiger partial charge in [0, 0.05) is 32.0 Å². The molecule has 0 unspecified atom stereocenters. The van der Waals surface area contributed by atoms with E-state index in [1.165, 1.54) is 36.0 Å². The van der Waals surface area contributed by atoms with E-state index in [1.807, 2.05) is 6.92 Å². The van der Waals surface area contributed by atoms with Crippen LogP contribution in [0.25, 0.3) is 0 Å². The second kappa shape index (κ2) is 9.12. The number of benzene rings is 2. The summed E-state index contributed by atoms with van der Waals surface area (Å²) < 4.78 is 33.5. The fraction of sp³-hybridized carbons (Fsp3) is 0.158. The number of hydrogen-bond donors (Lipinski definition) is 0. The lowest BCUT2D eigenvalue weighted by molar-refractivity contribution is 0.289. The van der Waals surface area contributed by atoms with Crippen LogP contribution in [0.2, 0.25) is 0 Å². The van der Waals surface area contributed by atoms with Gasteiger partial charge in [0.15, 0.2) is 5.16 Å². The molecule has 0 spiro atoms. The Bertz CT molecular complexity index is 899. The molecule has 8 heteroatoms.